The Morgan fingerprint density at radius 2 is 1.79 bits per heavy atom. The first-order chi connectivity index (χ1) is 6.54. The third-order valence-electron chi connectivity index (χ3n) is 2.23. The van der Waals surface area contributed by atoms with E-state index in [-0.39, 0.29) is 0 Å². The molecule has 0 heterocycles. The fourth-order valence-electron chi connectivity index (χ4n) is 1.13. The average molecular weight is 201 g/mol. The zero-order valence-corrected chi connectivity index (χ0v) is 9.34. The molecular formula is C11H23NO2. The Balaban J connectivity index is 3.83. The van der Waals surface area contributed by atoms with Gasteiger partial charge in [-0.25, -0.2) is 0 Å². The van der Waals surface area contributed by atoms with Crippen molar-refractivity contribution in [2.75, 3.05) is 6.54 Å². The number of nitrogens with one attached hydrogen (secondary N) is 1. The summed E-state index contributed by atoms with van der Waals surface area (Å²) in [7, 11) is 0. The fraction of sp³-hybridized carbons (Fsp3) is 0.818. The van der Waals surface area contributed by atoms with E-state index in [1.54, 1.807) is 0 Å². The van der Waals surface area contributed by atoms with Crippen molar-refractivity contribution >= 4 is 0 Å². The molecule has 0 amide bonds. The normalized spacial score (nSPS) is 11.7. The molecule has 3 N–H and O–H groups in total. The van der Waals surface area contributed by atoms with Crippen molar-refractivity contribution in [2.24, 2.45) is 0 Å². The summed E-state index contributed by atoms with van der Waals surface area (Å²) in [4.78, 5) is 0. The molecule has 0 bridgehead atoms. The standard InChI is InChI=1S/C11H23NO2/c1-4-6-8-10(3)11(13,14)12-9-7-5-2/h12-14H,3-9H2,1-2H3. The minimum atomic E-state index is -1.88. The lowest BCUT2D eigenvalue weighted by Gasteiger charge is -2.25. The molecule has 0 aliphatic rings. The van der Waals surface area contributed by atoms with Gasteiger partial charge in [0, 0.05) is 6.54 Å². The van der Waals surface area contributed by atoms with Gasteiger partial charge in [-0.15, -0.1) is 0 Å². The van der Waals surface area contributed by atoms with Crippen LogP contribution in [-0.2, 0) is 0 Å². The molecule has 14 heavy (non-hydrogen) atoms. The van der Waals surface area contributed by atoms with Crippen molar-refractivity contribution < 1.29 is 10.2 Å². The van der Waals surface area contributed by atoms with Crippen molar-refractivity contribution in [3.63, 3.8) is 0 Å². The van der Waals surface area contributed by atoms with E-state index in [2.05, 4.69) is 25.7 Å². The number of unbranched alkanes of at least 4 members (excludes halogenated alkanes) is 2. The fourth-order valence-corrected chi connectivity index (χ4v) is 1.13. The van der Waals surface area contributed by atoms with Gasteiger partial charge in [-0.05, 0) is 24.8 Å². The summed E-state index contributed by atoms with van der Waals surface area (Å²) in [6, 6.07) is 0. The van der Waals surface area contributed by atoms with Crippen LogP contribution in [0.1, 0.15) is 46.0 Å². The van der Waals surface area contributed by atoms with Crippen LogP contribution < -0.4 is 5.32 Å². The topological polar surface area (TPSA) is 52.5 Å². The van der Waals surface area contributed by atoms with Crippen LogP contribution in [0.25, 0.3) is 0 Å². The predicted octanol–water partition coefficient (Wildman–Crippen LogP) is 1.76. The molecule has 0 fully saturated rings. The highest BCUT2D eigenvalue weighted by atomic mass is 16.5. The first-order valence-corrected chi connectivity index (χ1v) is 5.42. The van der Waals surface area contributed by atoms with E-state index in [0.29, 0.717) is 18.5 Å². The second-order valence-electron chi connectivity index (χ2n) is 3.66. The van der Waals surface area contributed by atoms with Gasteiger partial charge in [0.1, 0.15) is 0 Å². The lowest BCUT2D eigenvalue weighted by Crippen LogP contribution is -2.46. The number of aliphatic hydroxyl groups is 2. The minimum Gasteiger partial charge on any atom is -0.350 e. The highest BCUT2D eigenvalue weighted by Crippen LogP contribution is 2.15. The van der Waals surface area contributed by atoms with Gasteiger partial charge < -0.3 is 10.2 Å². The highest BCUT2D eigenvalue weighted by Gasteiger charge is 2.25. The van der Waals surface area contributed by atoms with E-state index in [1.165, 1.54) is 0 Å². The first kappa shape index (κ1) is 13.6. The summed E-state index contributed by atoms with van der Waals surface area (Å²) < 4.78 is 0. The quantitative estimate of drug-likeness (QED) is 0.319. The van der Waals surface area contributed by atoms with Crippen molar-refractivity contribution in [3.8, 4) is 0 Å². The molecule has 0 saturated heterocycles. The Labute approximate surface area is 86.8 Å². The van der Waals surface area contributed by atoms with Gasteiger partial charge in [0.15, 0.2) is 0 Å². The van der Waals surface area contributed by atoms with Crippen LogP contribution in [0.3, 0.4) is 0 Å². The summed E-state index contributed by atoms with van der Waals surface area (Å²) in [5.74, 6) is -1.88. The van der Waals surface area contributed by atoms with Crippen LogP contribution in [0.2, 0.25) is 0 Å². The smallest absolute Gasteiger partial charge is 0.246 e. The van der Waals surface area contributed by atoms with Gasteiger partial charge in [0.2, 0.25) is 5.91 Å². The molecule has 0 aromatic heterocycles. The first-order valence-electron chi connectivity index (χ1n) is 5.42. The summed E-state index contributed by atoms with van der Waals surface area (Å²) in [6.07, 6.45) is 4.60. The third-order valence-corrected chi connectivity index (χ3v) is 2.23. The molecule has 0 radical (unpaired) electrons. The maximum absolute atomic E-state index is 9.58. The monoisotopic (exact) mass is 201 g/mol. The zero-order valence-electron chi connectivity index (χ0n) is 9.34. The van der Waals surface area contributed by atoms with E-state index in [9.17, 15) is 10.2 Å². The SMILES string of the molecule is C=C(CCCC)C(O)(O)NCCCC. The lowest BCUT2D eigenvalue weighted by molar-refractivity contribution is -0.154. The van der Waals surface area contributed by atoms with Crippen LogP contribution in [0.15, 0.2) is 12.2 Å². The van der Waals surface area contributed by atoms with Crippen molar-refractivity contribution in [3.05, 3.63) is 12.2 Å². The Bertz CT molecular complexity index is 167. The predicted molar refractivity (Wildman–Crippen MR) is 58.7 cm³/mol. The second kappa shape index (κ2) is 6.98. The molecule has 0 rings (SSSR count). The van der Waals surface area contributed by atoms with E-state index in [1.807, 2.05) is 0 Å². The van der Waals surface area contributed by atoms with Crippen LogP contribution in [0, 0.1) is 0 Å². The number of rotatable bonds is 8. The molecule has 0 unspecified atom stereocenters. The average Bonchev–Trinajstić information content (AvgIpc) is 2.14. The van der Waals surface area contributed by atoms with Crippen LogP contribution in [0.5, 0.6) is 0 Å². The molecule has 0 aromatic carbocycles. The maximum Gasteiger partial charge on any atom is 0.246 e. The molecule has 3 heteroatoms. The van der Waals surface area contributed by atoms with Gasteiger partial charge in [0.25, 0.3) is 0 Å². The number of hydrogen-bond acceptors (Lipinski definition) is 3. The summed E-state index contributed by atoms with van der Waals surface area (Å²) in [6.45, 7) is 8.41. The molecule has 0 atom stereocenters. The van der Waals surface area contributed by atoms with E-state index < -0.39 is 5.91 Å². The molecule has 0 spiro atoms. The lowest BCUT2D eigenvalue weighted by atomic mass is 10.1. The van der Waals surface area contributed by atoms with Crippen LogP contribution >= 0.6 is 0 Å². The van der Waals surface area contributed by atoms with Gasteiger partial charge in [-0.1, -0.05) is 33.3 Å². The third kappa shape index (κ3) is 5.37. The molecular weight excluding hydrogens is 178 g/mol. The Morgan fingerprint density at radius 3 is 2.29 bits per heavy atom. The Morgan fingerprint density at radius 1 is 1.21 bits per heavy atom. The van der Waals surface area contributed by atoms with E-state index in [0.717, 1.165) is 25.7 Å². The minimum absolute atomic E-state index is 0.454. The Kier molecular flexibility index (Phi) is 6.79. The van der Waals surface area contributed by atoms with E-state index in [4.69, 9.17) is 0 Å². The molecule has 0 aromatic rings. The second-order valence-corrected chi connectivity index (χ2v) is 3.66. The molecule has 0 saturated carbocycles. The maximum atomic E-state index is 9.58. The number of hydrogen-bond donors (Lipinski definition) is 3. The summed E-state index contributed by atoms with van der Waals surface area (Å²) >= 11 is 0. The Hall–Kier alpha value is -0.380. The summed E-state index contributed by atoms with van der Waals surface area (Å²) in [5.41, 5.74) is 0.454. The van der Waals surface area contributed by atoms with Crippen LogP contribution in [0.4, 0.5) is 0 Å². The van der Waals surface area contributed by atoms with E-state index >= 15 is 0 Å². The zero-order chi connectivity index (χ0) is 11.0. The van der Waals surface area contributed by atoms with Crippen molar-refractivity contribution in [2.45, 2.75) is 51.9 Å². The van der Waals surface area contributed by atoms with Gasteiger partial charge in [-0.3, -0.25) is 5.32 Å². The van der Waals surface area contributed by atoms with Crippen molar-refractivity contribution in [1.29, 1.82) is 0 Å². The van der Waals surface area contributed by atoms with Crippen molar-refractivity contribution in [1.82, 2.24) is 5.32 Å². The molecule has 0 aliphatic carbocycles. The highest BCUT2D eigenvalue weighted by molar-refractivity contribution is 5.04. The molecule has 84 valence electrons. The largest absolute Gasteiger partial charge is 0.350 e. The molecule has 0 aliphatic heterocycles. The summed E-state index contributed by atoms with van der Waals surface area (Å²) in [5, 5.41) is 21.8. The molecule has 3 nitrogen and oxygen atoms in total. The van der Waals surface area contributed by atoms with Gasteiger partial charge in [-0.2, -0.15) is 0 Å². The van der Waals surface area contributed by atoms with Gasteiger partial charge in [0.05, 0.1) is 0 Å². The van der Waals surface area contributed by atoms with Crippen LogP contribution in [-0.4, -0.2) is 22.7 Å². The van der Waals surface area contributed by atoms with Gasteiger partial charge >= 0.3 is 0 Å².